The van der Waals surface area contributed by atoms with Crippen LogP contribution in [0.3, 0.4) is 0 Å². The third kappa shape index (κ3) is 2.51. The van der Waals surface area contributed by atoms with E-state index in [9.17, 15) is 8.42 Å². The van der Waals surface area contributed by atoms with Crippen molar-refractivity contribution >= 4 is 21.7 Å². The van der Waals surface area contributed by atoms with Gasteiger partial charge < -0.3 is 0 Å². The molecule has 3 nitrogen and oxygen atoms in total. The van der Waals surface area contributed by atoms with E-state index < -0.39 is 10.1 Å². The van der Waals surface area contributed by atoms with Crippen LogP contribution < -0.4 is 0 Å². The van der Waals surface area contributed by atoms with Crippen LogP contribution in [-0.4, -0.2) is 8.42 Å². The Balaban J connectivity index is 3.52. The molecule has 0 fully saturated rings. The summed E-state index contributed by atoms with van der Waals surface area (Å²) in [5, 5.41) is 0.157. The molecule has 1 aromatic carbocycles. The van der Waals surface area contributed by atoms with Gasteiger partial charge in [-0.3, -0.25) is 4.18 Å². The molecule has 1 rings (SSSR count). The predicted octanol–water partition coefficient (Wildman–Crippen LogP) is 2.96. The highest BCUT2D eigenvalue weighted by molar-refractivity contribution is 7.87. The Morgan fingerprint density at radius 2 is 2.00 bits per heavy atom. The first-order chi connectivity index (χ1) is 6.90. The van der Waals surface area contributed by atoms with Crippen LogP contribution in [0.15, 0.2) is 23.1 Å². The maximum Gasteiger partial charge on any atom is 0.298 e. The summed E-state index contributed by atoms with van der Waals surface area (Å²) in [4.78, 5) is 0.0108. The van der Waals surface area contributed by atoms with Crippen LogP contribution in [0.25, 0.3) is 0 Å². The van der Waals surface area contributed by atoms with Gasteiger partial charge in [-0.05, 0) is 17.5 Å². The molecule has 0 aliphatic heterocycles. The molecule has 83 valence electrons. The van der Waals surface area contributed by atoms with Crippen LogP contribution in [-0.2, 0) is 14.3 Å². The van der Waals surface area contributed by atoms with Crippen molar-refractivity contribution in [2.75, 3.05) is 0 Å². The van der Waals surface area contributed by atoms with Gasteiger partial charge in [-0.2, -0.15) is 8.42 Å². The molecule has 0 amide bonds. The molecule has 0 spiro atoms. The minimum Gasteiger partial charge on any atom is -0.264 e. The number of halogens is 1. The standard InChI is InChI=1S/C10H12ClO3S/c1-7(2)8-5-4-6-9(11)10(8)15(12,13)14-3/h4-7H,3H2,1-2H3. The van der Waals surface area contributed by atoms with Gasteiger partial charge in [0.15, 0.2) is 0 Å². The molecular weight excluding hydrogens is 236 g/mol. The van der Waals surface area contributed by atoms with Crippen molar-refractivity contribution < 1.29 is 12.6 Å². The summed E-state index contributed by atoms with van der Waals surface area (Å²) in [6.45, 7) is 3.77. The Morgan fingerprint density at radius 1 is 1.40 bits per heavy atom. The lowest BCUT2D eigenvalue weighted by Gasteiger charge is -2.13. The van der Waals surface area contributed by atoms with E-state index in [2.05, 4.69) is 11.3 Å². The second-order valence-corrected chi connectivity index (χ2v) is 5.34. The summed E-state index contributed by atoms with van der Waals surface area (Å²) in [6.07, 6.45) is 0. The Bertz CT molecular complexity index is 452. The Morgan fingerprint density at radius 3 is 2.47 bits per heavy atom. The third-order valence-electron chi connectivity index (χ3n) is 2.02. The van der Waals surface area contributed by atoms with Crippen LogP contribution in [0, 0.1) is 7.11 Å². The Hall–Kier alpha value is -0.580. The van der Waals surface area contributed by atoms with Crippen LogP contribution in [0.1, 0.15) is 25.3 Å². The zero-order valence-electron chi connectivity index (χ0n) is 8.53. The Kier molecular flexibility index (Phi) is 3.76. The van der Waals surface area contributed by atoms with Crippen molar-refractivity contribution in [2.45, 2.75) is 24.7 Å². The molecular formula is C10H12ClO3S. The molecule has 0 saturated heterocycles. The lowest BCUT2D eigenvalue weighted by molar-refractivity contribution is 0.436. The van der Waals surface area contributed by atoms with Crippen molar-refractivity contribution in [1.82, 2.24) is 0 Å². The topological polar surface area (TPSA) is 43.4 Å². The number of rotatable bonds is 3. The maximum absolute atomic E-state index is 11.6. The predicted molar refractivity (Wildman–Crippen MR) is 59.2 cm³/mol. The van der Waals surface area contributed by atoms with Crippen molar-refractivity contribution in [1.29, 1.82) is 0 Å². The SMILES string of the molecule is [CH2]OS(=O)(=O)c1c(Cl)cccc1C(C)C. The molecule has 5 heteroatoms. The van der Waals surface area contributed by atoms with E-state index in [4.69, 9.17) is 11.6 Å². The summed E-state index contributed by atoms with van der Waals surface area (Å²) in [7, 11) is -0.919. The van der Waals surface area contributed by atoms with Crippen molar-refractivity contribution in [3.8, 4) is 0 Å². The molecule has 0 heterocycles. The first-order valence-corrected chi connectivity index (χ1v) is 6.16. The van der Waals surface area contributed by atoms with E-state index >= 15 is 0 Å². The van der Waals surface area contributed by atoms with E-state index in [-0.39, 0.29) is 15.8 Å². The largest absolute Gasteiger partial charge is 0.298 e. The van der Waals surface area contributed by atoms with E-state index in [1.165, 1.54) is 6.07 Å². The second kappa shape index (κ2) is 4.51. The zero-order chi connectivity index (χ0) is 11.6. The molecule has 0 N–H and O–H groups in total. The quantitative estimate of drug-likeness (QED) is 0.772. The molecule has 0 aliphatic carbocycles. The monoisotopic (exact) mass is 247 g/mol. The van der Waals surface area contributed by atoms with E-state index in [0.29, 0.717) is 5.56 Å². The minimum atomic E-state index is -3.85. The summed E-state index contributed by atoms with van der Waals surface area (Å²) >= 11 is 5.85. The highest BCUT2D eigenvalue weighted by Gasteiger charge is 2.22. The third-order valence-corrected chi connectivity index (χ3v) is 3.72. The smallest absolute Gasteiger partial charge is 0.264 e. The number of hydrogen-bond acceptors (Lipinski definition) is 3. The first-order valence-electron chi connectivity index (χ1n) is 4.37. The van der Waals surface area contributed by atoms with Gasteiger partial charge in [0.25, 0.3) is 10.1 Å². The lowest BCUT2D eigenvalue weighted by atomic mass is 10.0. The van der Waals surface area contributed by atoms with Gasteiger partial charge in [-0.25, -0.2) is 0 Å². The van der Waals surface area contributed by atoms with Crippen molar-refractivity contribution in [3.63, 3.8) is 0 Å². The second-order valence-electron chi connectivity index (χ2n) is 3.38. The molecule has 1 radical (unpaired) electrons. The summed E-state index contributed by atoms with van der Waals surface area (Å²) in [6, 6.07) is 4.93. The van der Waals surface area contributed by atoms with Gasteiger partial charge in [0.1, 0.15) is 4.90 Å². The molecule has 0 aromatic heterocycles. The van der Waals surface area contributed by atoms with Gasteiger partial charge in [0.2, 0.25) is 0 Å². The van der Waals surface area contributed by atoms with Crippen LogP contribution in [0.5, 0.6) is 0 Å². The minimum absolute atomic E-state index is 0.0108. The van der Waals surface area contributed by atoms with E-state index in [1.54, 1.807) is 12.1 Å². The average Bonchev–Trinajstić information content (AvgIpc) is 2.17. The molecule has 1 aromatic rings. The number of hydrogen-bond donors (Lipinski definition) is 0. The highest BCUT2D eigenvalue weighted by Crippen LogP contribution is 2.31. The molecule has 0 bridgehead atoms. The average molecular weight is 248 g/mol. The summed E-state index contributed by atoms with van der Waals surface area (Å²) in [5.74, 6) is 0.0450. The molecule has 0 unspecified atom stereocenters. The van der Waals surface area contributed by atoms with Gasteiger partial charge in [-0.1, -0.05) is 37.6 Å². The highest BCUT2D eigenvalue weighted by atomic mass is 35.5. The fourth-order valence-corrected chi connectivity index (χ4v) is 2.79. The number of benzene rings is 1. The molecule has 0 saturated carbocycles. The maximum atomic E-state index is 11.6. The fourth-order valence-electron chi connectivity index (χ4n) is 1.30. The normalized spacial score (nSPS) is 12.1. The van der Waals surface area contributed by atoms with E-state index in [1.807, 2.05) is 13.8 Å². The summed E-state index contributed by atoms with van der Waals surface area (Å²) in [5.41, 5.74) is 0.631. The van der Waals surface area contributed by atoms with Gasteiger partial charge >= 0.3 is 0 Å². The van der Waals surface area contributed by atoms with Gasteiger partial charge in [0.05, 0.1) is 12.1 Å². The molecule has 15 heavy (non-hydrogen) atoms. The first kappa shape index (κ1) is 12.5. The lowest BCUT2D eigenvalue weighted by Crippen LogP contribution is -2.07. The van der Waals surface area contributed by atoms with Crippen LogP contribution >= 0.6 is 11.6 Å². The molecule has 0 aliphatic rings. The fraction of sp³-hybridized carbons (Fsp3) is 0.300. The van der Waals surface area contributed by atoms with Crippen molar-refractivity contribution in [2.24, 2.45) is 0 Å². The zero-order valence-corrected chi connectivity index (χ0v) is 10.1. The summed E-state index contributed by atoms with van der Waals surface area (Å²) < 4.78 is 27.4. The van der Waals surface area contributed by atoms with Gasteiger partial charge in [0, 0.05) is 0 Å². The molecule has 0 atom stereocenters. The van der Waals surface area contributed by atoms with E-state index in [0.717, 1.165) is 0 Å². The van der Waals surface area contributed by atoms with Crippen molar-refractivity contribution in [3.05, 3.63) is 35.9 Å². The van der Waals surface area contributed by atoms with Crippen LogP contribution in [0.2, 0.25) is 5.02 Å². The van der Waals surface area contributed by atoms with Crippen LogP contribution in [0.4, 0.5) is 0 Å². The van der Waals surface area contributed by atoms with Gasteiger partial charge in [-0.15, -0.1) is 0 Å². The Labute approximate surface area is 95.1 Å².